The molecule has 3 atom stereocenters. The lowest BCUT2D eigenvalue weighted by atomic mass is 9.84. The summed E-state index contributed by atoms with van der Waals surface area (Å²) in [5.41, 5.74) is 4.96. The van der Waals surface area contributed by atoms with Crippen LogP contribution in [0.5, 0.6) is 5.75 Å². The third kappa shape index (κ3) is 2.83. The highest BCUT2D eigenvalue weighted by Crippen LogP contribution is 2.46. The molecule has 2 aromatic carbocycles. The Kier molecular flexibility index (Phi) is 4.16. The van der Waals surface area contributed by atoms with E-state index in [-0.39, 0.29) is 23.8 Å². The molecule has 3 aliphatic rings. The van der Waals surface area contributed by atoms with Crippen LogP contribution >= 0.6 is 0 Å². The number of carbonyl (C=O) groups excluding carboxylic acids is 1. The fraction of sp³-hybridized carbons (Fsp3) is 0.435. The van der Waals surface area contributed by atoms with Gasteiger partial charge in [-0.2, -0.15) is 0 Å². The van der Waals surface area contributed by atoms with Crippen molar-refractivity contribution < 1.29 is 9.53 Å². The molecule has 0 spiro atoms. The van der Waals surface area contributed by atoms with Gasteiger partial charge in [0.05, 0.1) is 12.5 Å². The van der Waals surface area contributed by atoms with Gasteiger partial charge < -0.3 is 10.1 Å². The Balaban J connectivity index is 1.39. The minimum atomic E-state index is -0.0483. The SMILES string of the molecule is CN1C[C@@H](C(=O)Nc2cccc3c2CCCC3)[C@@H]2COc3ccccc3[C@@H]21. The summed E-state index contributed by atoms with van der Waals surface area (Å²) in [6, 6.07) is 14.8. The monoisotopic (exact) mass is 362 g/mol. The van der Waals surface area contributed by atoms with Crippen molar-refractivity contribution in [3.8, 4) is 5.75 Å². The zero-order valence-corrected chi connectivity index (χ0v) is 15.8. The zero-order chi connectivity index (χ0) is 18.4. The van der Waals surface area contributed by atoms with E-state index in [1.54, 1.807) is 0 Å². The predicted molar refractivity (Wildman–Crippen MR) is 106 cm³/mol. The van der Waals surface area contributed by atoms with Gasteiger partial charge in [0.1, 0.15) is 5.75 Å². The van der Waals surface area contributed by atoms with Crippen LogP contribution in [0.1, 0.15) is 35.6 Å². The second-order valence-electron chi connectivity index (χ2n) is 8.14. The summed E-state index contributed by atoms with van der Waals surface area (Å²) in [7, 11) is 2.12. The summed E-state index contributed by atoms with van der Waals surface area (Å²) in [6.45, 7) is 1.38. The van der Waals surface area contributed by atoms with Crippen LogP contribution in [0.25, 0.3) is 0 Å². The summed E-state index contributed by atoms with van der Waals surface area (Å²) in [6.07, 6.45) is 4.65. The molecule has 1 aliphatic carbocycles. The first-order valence-electron chi connectivity index (χ1n) is 10.1. The van der Waals surface area contributed by atoms with E-state index < -0.39 is 0 Å². The lowest BCUT2D eigenvalue weighted by Gasteiger charge is -2.33. The molecule has 27 heavy (non-hydrogen) atoms. The smallest absolute Gasteiger partial charge is 0.229 e. The molecule has 2 aliphatic heterocycles. The Morgan fingerprint density at radius 3 is 2.89 bits per heavy atom. The zero-order valence-electron chi connectivity index (χ0n) is 15.8. The van der Waals surface area contributed by atoms with Gasteiger partial charge in [0.2, 0.25) is 5.91 Å². The molecule has 2 aromatic rings. The van der Waals surface area contributed by atoms with Crippen molar-refractivity contribution in [2.75, 3.05) is 25.5 Å². The highest BCUT2D eigenvalue weighted by Gasteiger charge is 2.47. The van der Waals surface area contributed by atoms with E-state index in [2.05, 4.69) is 47.6 Å². The second-order valence-corrected chi connectivity index (χ2v) is 8.14. The number of para-hydroxylation sites is 1. The number of nitrogens with zero attached hydrogens (tertiary/aromatic N) is 1. The average molecular weight is 362 g/mol. The molecule has 140 valence electrons. The lowest BCUT2D eigenvalue weighted by Crippen LogP contribution is -2.34. The van der Waals surface area contributed by atoms with Gasteiger partial charge in [-0.3, -0.25) is 9.69 Å². The Morgan fingerprint density at radius 2 is 1.96 bits per heavy atom. The van der Waals surface area contributed by atoms with Gasteiger partial charge >= 0.3 is 0 Å². The Morgan fingerprint density at radius 1 is 1.11 bits per heavy atom. The van der Waals surface area contributed by atoms with E-state index in [4.69, 9.17) is 4.74 Å². The number of anilines is 1. The summed E-state index contributed by atoms with van der Waals surface area (Å²) in [5.74, 6) is 1.25. The van der Waals surface area contributed by atoms with Crippen molar-refractivity contribution in [3.63, 3.8) is 0 Å². The number of benzene rings is 2. The van der Waals surface area contributed by atoms with Crippen molar-refractivity contribution in [2.45, 2.75) is 31.7 Å². The number of rotatable bonds is 2. The highest BCUT2D eigenvalue weighted by molar-refractivity contribution is 5.94. The number of nitrogens with one attached hydrogen (secondary N) is 1. The minimum absolute atomic E-state index is 0.0483. The topological polar surface area (TPSA) is 41.6 Å². The maximum absolute atomic E-state index is 13.2. The van der Waals surface area contributed by atoms with Crippen LogP contribution in [0, 0.1) is 11.8 Å². The largest absolute Gasteiger partial charge is 0.493 e. The van der Waals surface area contributed by atoms with Crippen molar-refractivity contribution in [3.05, 3.63) is 59.2 Å². The van der Waals surface area contributed by atoms with Crippen LogP contribution in [0.4, 0.5) is 5.69 Å². The second kappa shape index (κ2) is 6.68. The molecule has 1 fully saturated rings. The molecule has 0 aromatic heterocycles. The van der Waals surface area contributed by atoms with Crippen molar-refractivity contribution >= 4 is 11.6 Å². The van der Waals surface area contributed by atoms with Crippen LogP contribution in [-0.2, 0) is 17.6 Å². The average Bonchev–Trinajstić information content (AvgIpc) is 3.05. The van der Waals surface area contributed by atoms with Gasteiger partial charge in [0.15, 0.2) is 0 Å². The van der Waals surface area contributed by atoms with Crippen molar-refractivity contribution in [1.29, 1.82) is 0 Å². The van der Waals surface area contributed by atoms with Gasteiger partial charge in [-0.05, 0) is 56.0 Å². The van der Waals surface area contributed by atoms with Crippen LogP contribution in [0.2, 0.25) is 0 Å². The molecule has 4 heteroatoms. The number of hydrogen-bond acceptors (Lipinski definition) is 3. The molecule has 0 saturated carbocycles. The van der Waals surface area contributed by atoms with Crippen molar-refractivity contribution in [1.82, 2.24) is 4.90 Å². The van der Waals surface area contributed by atoms with Crippen LogP contribution < -0.4 is 10.1 Å². The molecule has 0 unspecified atom stereocenters. The lowest BCUT2D eigenvalue weighted by molar-refractivity contribution is -0.121. The fourth-order valence-electron chi connectivity index (χ4n) is 5.23. The number of hydrogen-bond donors (Lipinski definition) is 1. The van der Waals surface area contributed by atoms with Gasteiger partial charge in [-0.1, -0.05) is 30.3 Å². The molecule has 0 radical (unpaired) electrons. The van der Waals surface area contributed by atoms with E-state index >= 15 is 0 Å². The molecule has 0 bridgehead atoms. The standard InChI is InChI=1S/C23H26N2O2/c1-25-13-18(19-14-27-21-12-5-4-10-17(21)22(19)25)23(26)24-20-11-6-8-15-7-2-3-9-16(15)20/h4-6,8,10-12,18-19,22H,2-3,7,9,13-14H2,1H3,(H,24,26)/t18-,19+,22+/m1/s1. The van der Waals surface area contributed by atoms with E-state index in [1.807, 2.05) is 12.1 Å². The number of ether oxygens (including phenoxy) is 1. The number of amides is 1. The molecule has 5 rings (SSSR count). The maximum atomic E-state index is 13.2. The first kappa shape index (κ1) is 16.8. The molecular weight excluding hydrogens is 336 g/mol. The Labute approximate surface area is 160 Å². The first-order chi connectivity index (χ1) is 13.2. The minimum Gasteiger partial charge on any atom is -0.493 e. The Hall–Kier alpha value is -2.33. The summed E-state index contributed by atoms with van der Waals surface area (Å²) >= 11 is 0. The summed E-state index contributed by atoms with van der Waals surface area (Å²) < 4.78 is 6.00. The highest BCUT2D eigenvalue weighted by atomic mass is 16.5. The summed E-state index contributed by atoms with van der Waals surface area (Å²) in [5, 5.41) is 3.27. The van der Waals surface area contributed by atoms with Gasteiger partial charge in [-0.15, -0.1) is 0 Å². The van der Waals surface area contributed by atoms with Gasteiger partial charge in [0.25, 0.3) is 0 Å². The third-order valence-corrected chi connectivity index (χ3v) is 6.54. The van der Waals surface area contributed by atoms with E-state index in [0.717, 1.165) is 30.8 Å². The van der Waals surface area contributed by atoms with Gasteiger partial charge in [-0.25, -0.2) is 0 Å². The Bertz CT molecular complexity index is 878. The number of aryl methyl sites for hydroxylation is 1. The molecule has 1 N–H and O–H groups in total. The molecule has 1 amide bonds. The van der Waals surface area contributed by atoms with Gasteiger partial charge in [0, 0.05) is 29.8 Å². The van der Waals surface area contributed by atoms with Crippen molar-refractivity contribution in [2.24, 2.45) is 11.8 Å². The normalized spacial score (nSPS) is 26.5. The first-order valence-corrected chi connectivity index (χ1v) is 10.1. The van der Waals surface area contributed by atoms with E-state index in [0.29, 0.717) is 6.61 Å². The third-order valence-electron chi connectivity index (χ3n) is 6.54. The van der Waals surface area contributed by atoms with E-state index in [9.17, 15) is 4.79 Å². The van der Waals surface area contributed by atoms with Crippen LogP contribution in [-0.4, -0.2) is 31.0 Å². The molecule has 4 nitrogen and oxygen atoms in total. The fourth-order valence-corrected chi connectivity index (χ4v) is 5.23. The number of carbonyl (C=O) groups is 1. The molecule has 2 heterocycles. The quantitative estimate of drug-likeness (QED) is 0.883. The van der Waals surface area contributed by atoms with Crippen LogP contribution in [0.15, 0.2) is 42.5 Å². The number of likely N-dealkylation sites (tertiary alicyclic amines) is 1. The molecular formula is C23H26N2O2. The van der Waals surface area contributed by atoms with Crippen LogP contribution in [0.3, 0.4) is 0 Å². The predicted octanol–water partition coefficient (Wildman–Crippen LogP) is 3.82. The maximum Gasteiger partial charge on any atom is 0.229 e. The molecule has 1 saturated heterocycles. The summed E-state index contributed by atoms with van der Waals surface area (Å²) in [4.78, 5) is 15.5. The van der Waals surface area contributed by atoms with E-state index in [1.165, 1.54) is 29.5 Å². The number of fused-ring (bicyclic) bond motifs is 4.